The molecule has 0 aliphatic carbocycles. The molecule has 0 aliphatic heterocycles. The summed E-state index contributed by atoms with van der Waals surface area (Å²) in [5.41, 5.74) is 0. The number of nitrogens with zero attached hydrogens (tertiary/aromatic N) is 2. The Kier molecular flexibility index (Phi) is 2.44. The molecule has 12 heavy (non-hydrogen) atoms. The normalized spacial score (nSPS) is 9.50. The van der Waals surface area contributed by atoms with E-state index in [0.29, 0.717) is 0 Å². The Balaban J connectivity index is 3.13. The van der Waals surface area contributed by atoms with Crippen LogP contribution in [-0.4, -0.2) is 28.2 Å². The minimum absolute atomic E-state index is 0.0593. The van der Waals surface area contributed by atoms with Crippen LogP contribution in [0.25, 0.3) is 0 Å². The molecule has 6 heteroatoms. The number of halogens is 1. The van der Waals surface area contributed by atoms with Crippen LogP contribution in [0.5, 0.6) is 5.88 Å². The fraction of sp³-hybridized carbons (Fsp3) is 0.167. The monoisotopic (exact) mass is 188 g/mol. The summed E-state index contributed by atoms with van der Waals surface area (Å²) in [6.45, 7) is 0. The average Bonchev–Trinajstić information content (AvgIpc) is 2.05. The van der Waals surface area contributed by atoms with E-state index in [1.54, 1.807) is 0 Å². The lowest BCUT2D eigenvalue weighted by Gasteiger charge is -2.00. The molecule has 0 radical (unpaired) electrons. The first-order chi connectivity index (χ1) is 5.65. The molecule has 1 rings (SSSR count). The summed E-state index contributed by atoms with van der Waals surface area (Å²) < 4.78 is 4.69. The summed E-state index contributed by atoms with van der Waals surface area (Å²) in [6.07, 6.45) is 1.18. The van der Waals surface area contributed by atoms with Crippen LogP contribution in [-0.2, 0) is 0 Å². The Morgan fingerprint density at radius 1 is 1.75 bits per heavy atom. The second-order valence-electron chi connectivity index (χ2n) is 1.86. The fourth-order valence-corrected chi connectivity index (χ4v) is 0.766. The maximum atomic E-state index is 10.4. The van der Waals surface area contributed by atoms with E-state index in [1.807, 2.05) is 0 Å². The van der Waals surface area contributed by atoms with E-state index >= 15 is 0 Å². The van der Waals surface area contributed by atoms with Crippen molar-refractivity contribution in [2.24, 2.45) is 0 Å². The van der Waals surface area contributed by atoms with E-state index in [4.69, 9.17) is 16.7 Å². The van der Waals surface area contributed by atoms with Gasteiger partial charge in [-0.25, -0.2) is 9.78 Å². The van der Waals surface area contributed by atoms with Gasteiger partial charge in [0.25, 0.3) is 0 Å². The van der Waals surface area contributed by atoms with Crippen LogP contribution in [0.15, 0.2) is 6.20 Å². The molecule has 0 amide bonds. The molecule has 0 unspecified atom stereocenters. The second-order valence-corrected chi connectivity index (χ2v) is 2.26. The van der Waals surface area contributed by atoms with E-state index in [0.717, 1.165) is 0 Å². The van der Waals surface area contributed by atoms with Gasteiger partial charge < -0.3 is 9.84 Å². The highest BCUT2D eigenvalue weighted by molar-refractivity contribution is 6.31. The Hall–Kier alpha value is -1.36. The van der Waals surface area contributed by atoms with Crippen LogP contribution < -0.4 is 4.74 Å². The lowest BCUT2D eigenvalue weighted by molar-refractivity contribution is 0.0682. The van der Waals surface area contributed by atoms with Gasteiger partial charge in [0.1, 0.15) is 5.02 Å². The van der Waals surface area contributed by atoms with Gasteiger partial charge in [-0.15, -0.1) is 0 Å². The summed E-state index contributed by atoms with van der Waals surface area (Å²) in [6, 6.07) is 0. The van der Waals surface area contributed by atoms with Crippen molar-refractivity contribution in [3.05, 3.63) is 17.0 Å². The molecular weight excluding hydrogens is 184 g/mol. The first-order valence-electron chi connectivity index (χ1n) is 2.95. The third-order valence-electron chi connectivity index (χ3n) is 1.10. The van der Waals surface area contributed by atoms with Crippen LogP contribution >= 0.6 is 11.6 Å². The van der Waals surface area contributed by atoms with Gasteiger partial charge >= 0.3 is 5.97 Å². The highest BCUT2D eigenvalue weighted by atomic mass is 35.5. The van der Waals surface area contributed by atoms with Crippen LogP contribution in [0.1, 0.15) is 10.6 Å². The van der Waals surface area contributed by atoms with E-state index < -0.39 is 5.97 Å². The zero-order valence-electron chi connectivity index (χ0n) is 6.11. The molecule has 0 saturated heterocycles. The van der Waals surface area contributed by atoms with Crippen LogP contribution in [0.2, 0.25) is 5.02 Å². The van der Waals surface area contributed by atoms with Crippen molar-refractivity contribution >= 4 is 17.6 Å². The van der Waals surface area contributed by atoms with Crippen molar-refractivity contribution in [3.8, 4) is 5.88 Å². The number of aromatic nitrogens is 2. The highest BCUT2D eigenvalue weighted by Crippen LogP contribution is 2.19. The number of methoxy groups -OCH3 is 1. The van der Waals surface area contributed by atoms with Crippen molar-refractivity contribution in [2.45, 2.75) is 0 Å². The number of ether oxygens (including phenoxy) is 1. The van der Waals surface area contributed by atoms with Gasteiger partial charge in [0.15, 0.2) is 0 Å². The molecule has 64 valence electrons. The molecular formula is C6H5ClN2O3. The van der Waals surface area contributed by atoms with Gasteiger partial charge in [0.2, 0.25) is 11.7 Å². The molecule has 0 aliphatic rings. The molecule has 0 aromatic carbocycles. The van der Waals surface area contributed by atoms with Crippen molar-refractivity contribution in [1.29, 1.82) is 0 Å². The molecule has 1 N–H and O–H groups in total. The third-order valence-corrected chi connectivity index (χ3v) is 1.36. The van der Waals surface area contributed by atoms with Gasteiger partial charge in [0.05, 0.1) is 13.3 Å². The fourth-order valence-electron chi connectivity index (χ4n) is 0.598. The van der Waals surface area contributed by atoms with Crippen molar-refractivity contribution in [3.63, 3.8) is 0 Å². The predicted octanol–water partition coefficient (Wildman–Crippen LogP) is 0.837. The molecule has 0 bridgehead atoms. The Morgan fingerprint density at radius 3 is 2.92 bits per heavy atom. The molecule has 5 nitrogen and oxygen atoms in total. The summed E-state index contributed by atoms with van der Waals surface area (Å²) in [5, 5.41) is 8.65. The number of hydrogen-bond acceptors (Lipinski definition) is 4. The largest absolute Gasteiger partial charge is 0.480 e. The number of carboxylic acid groups (broad SMARTS) is 1. The molecule has 1 aromatic rings. The molecule has 0 saturated carbocycles. The Bertz CT molecular complexity index is 316. The van der Waals surface area contributed by atoms with Crippen LogP contribution in [0.4, 0.5) is 0 Å². The second kappa shape index (κ2) is 3.36. The quantitative estimate of drug-likeness (QED) is 0.745. The van der Waals surface area contributed by atoms with Gasteiger partial charge in [-0.3, -0.25) is 0 Å². The minimum atomic E-state index is -1.22. The molecule has 1 aromatic heterocycles. The number of carbonyl (C=O) groups is 1. The summed E-state index contributed by atoms with van der Waals surface area (Å²) in [5.74, 6) is -1.50. The first kappa shape index (κ1) is 8.73. The number of carboxylic acids is 1. The standard InChI is InChI=1S/C6H5ClN2O3/c1-12-5-3(7)2-8-4(9-5)6(10)11/h2H,1H3,(H,10,11). The first-order valence-corrected chi connectivity index (χ1v) is 3.32. The zero-order valence-corrected chi connectivity index (χ0v) is 6.87. The molecule has 1 heterocycles. The number of hydrogen-bond donors (Lipinski definition) is 1. The van der Waals surface area contributed by atoms with E-state index in [-0.39, 0.29) is 16.7 Å². The van der Waals surface area contributed by atoms with Crippen molar-refractivity contribution in [2.75, 3.05) is 7.11 Å². The average molecular weight is 189 g/mol. The minimum Gasteiger partial charge on any atom is -0.480 e. The molecule has 0 atom stereocenters. The van der Waals surface area contributed by atoms with Gasteiger partial charge in [-0.05, 0) is 0 Å². The van der Waals surface area contributed by atoms with Crippen LogP contribution in [0, 0.1) is 0 Å². The number of aromatic carboxylic acids is 1. The highest BCUT2D eigenvalue weighted by Gasteiger charge is 2.10. The van der Waals surface area contributed by atoms with Crippen molar-refractivity contribution < 1.29 is 14.6 Å². The predicted molar refractivity (Wildman–Crippen MR) is 40.6 cm³/mol. The lowest BCUT2D eigenvalue weighted by Crippen LogP contribution is -2.04. The van der Waals surface area contributed by atoms with E-state index in [1.165, 1.54) is 13.3 Å². The van der Waals surface area contributed by atoms with E-state index in [9.17, 15) is 4.79 Å². The number of rotatable bonds is 2. The van der Waals surface area contributed by atoms with Gasteiger partial charge in [-0.2, -0.15) is 4.98 Å². The van der Waals surface area contributed by atoms with E-state index in [2.05, 4.69) is 14.7 Å². The van der Waals surface area contributed by atoms with Crippen LogP contribution in [0.3, 0.4) is 0 Å². The molecule has 0 fully saturated rings. The Morgan fingerprint density at radius 2 is 2.42 bits per heavy atom. The Labute approximate surface area is 73.0 Å². The van der Waals surface area contributed by atoms with Gasteiger partial charge in [0, 0.05) is 0 Å². The topological polar surface area (TPSA) is 72.3 Å². The van der Waals surface area contributed by atoms with Gasteiger partial charge in [-0.1, -0.05) is 11.6 Å². The maximum Gasteiger partial charge on any atom is 0.374 e. The summed E-state index contributed by atoms with van der Waals surface area (Å²) in [7, 11) is 1.35. The zero-order chi connectivity index (χ0) is 9.14. The third kappa shape index (κ3) is 1.62. The molecule has 0 spiro atoms. The lowest BCUT2D eigenvalue weighted by atomic mass is 10.5. The van der Waals surface area contributed by atoms with Crippen molar-refractivity contribution in [1.82, 2.24) is 9.97 Å². The SMILES string of the molecule is COc1nc(C(=O)O)ncc1Cl. The smallest absolute Gasteiger partial charge is 0.374 e. The summed E-state index contributed by atoms with van der Waals surface area (Å²) >= 11 is 5.56. The maximum absolute atomic E-state index is 10.4. The summed E-state index contributed by atoms with van der Waals surface area (Å²) in [4.78, 5) is 17.3.